The minimum Gasteiger partial charge on any atom is -0.462 e. The second-order valence-corrected chi connectivity index (χ2v) is 6.45. The van der Waals surface area contributed by atoms with Crippen molar-refractivity contribution in [2.24, 2.45) is 10.8 Å². The van der Waals surface area contributed by atoms with Gasteiger partial charge in [-0.05, 0) is 40.5 Å². The Labute approximate surface area is 131 Å². The Morgan fingerprint density at radius 1 is 0.818 bits per heavy atom. The minimum absolute atomic E-state index is 0.231. The molecule has 0 amide bonds. The third-order valence-corrected chi connectivity index (χ3v) is 4.13. The third-order valence-electron chi connectivity index (χ3n) is 4.13. The average molecular weight is 304 g/mol. The third kappa shape index (κ3) is 2.62. The normalized spacial score (nSPS) is 29.5. The first-order chi connectivity index (χ1) is 10.3. The highest BCUT2D eigenvalue weighted by atomic mass is 16.6. The number of allylic oxidation sites excluding steroid dienone is 4. The predicted molar refractivity (Wildman–Crippen MR) is 84.0 cm³/mol. The Kier molecular flexibility index (Phi) is 4.59. The highest BCUT2D eigenvalue weighted by Gasteiger charge is 2.61. The van der Waals surface area contributed by atoms with E-state index in [1.165, 1.54) is 0 Å². The molecular formula is C18H24O4. The molecule has 0 unspecified atom stereocenters. The second-order valence-electron chi connectivity index (χ2n) is 6.45. The number of carbonyl (C=O) groups is 2. The van der Waals surface area contributed by atoms with Gasteiger partial charge in [0.1, 0.15) is 10.8 Å². The van der Waals surface area contributed by atoms with E-state index in [4.69, 9.17) is 9.47 Å². The summed E-state index contributed by atoms with van der Waals surface area (Å²) in [5, 5.41) is 0. The Hall–Kier alpha value is -1.84. The van der Waals surface area contributed by atoms with Gasteiger partial charge >= 0.3 is 11.9 Å². The maximum atomic E-state index is 12.8. The van der Waals surface area contributed by atoms with Gasteiger partial charge < -0.3 is 9.47 Å². The van der Waals surface area contributed by atoms with Crippen molar-refractivity contribution in [3.63, 3.8) is 0 Å². The summed E-state index contributed by atoms with van der Waals surface area (Å²) in [4.78, 5) is 25.6. The molecule has 0 saturated carbocycles. The predicted octanol–water partition coefficient (Wildman–Crippen LogP) is 3.34. The van der Waals surface area contributed by atoms with E-state index in [1.807, 2.05) is 52.0 Å². The molecule has 0 aromatic carbocycles. The number of hydrogen-bond donors (Lipinski definition) is 0. The molecule has 4 heteroatoms. The average Bonchev–Trinajstić information content (AvgIpc) is 2.45. The van der Waals surface area contributed by atoms with Gasteiger partial charge in [0.15, 0.2) is 0 Å². The molecule has 120 valence electrons. The van der Waals surface area contributed by atoms with Crippen LogP contribution in [0.2, 0.25) is 0 Å². The van der Waals surface area contributed by atoms with Crippen molar-refractivity contribution < 1.29 is 19.1 Å². The molecule has 4 nitrogen and oxygen atoms in total. The Bertz CT molecular complexity index is 493. The first-order valence-electron chi connectivity index (χ1n) is 7.78. The van der Waals surface area contributed by atoms with E-state index in [2.05, 4.69) is 0 Å². The quantitative estimate of drug-likeness (QED) is 0.590. The van der Waals surface area contributed by atoms with E-state index in [9.17, 15) is 9.59 Å². The van der Waals surface area contributed by atoms with E-state index in [0.29, 0.717) is 12.8 Å². The van der Waals surface area contributed by atoms with Crippen molar-refractivity contribution in [1.29, 1.82) is 0 Å². The van der Waals surface area contributed by atoms with E-state index >= 15 is 0 Å². The second kappa shape index (κ2) is 6.11. The number of hydrogen-bond acceptors (Lipinski definition) is 4. The largest absolute Gasteiger partial charge is 0.462 e. The van der Waals surface area contributed by atoms with E-state index in [-0.39, 0.29) is 24.1 Å². The van der Waals surface area contributed by atoms with Gasteiger partial charge in [0, 0.05) is 0 Å². The standard InChI is InChI=1S/C18H24O4/c1-13(2)21-15(19)17-9-5-7-11-18(17,12-8-6-10-17)16(20)22-14(3)4/h5-9,11,13-14H,10,12H2,1-4H3/t17-,18+. The fraction of sp³-hybridized carbons (Fsp3) is 0.556. The van der Waals surface area contributed by atoms with Gasteiger partial charge in [0.2, 0.25) is 0 Å². The SMILES string of the molecule is CC(C)OC(=O)[C@@]12C=CC=C[C@]1(C(=O)OC(C)C)CC=CC2. The molecule has 22 heavy (non-hydrogen) atoms. The van der Waals surface area contributed by atoms with Crippen molar-refractivity contribution in [2.75, 3.05) is 0 Å². The lowest BCUT2D eigenvalue weighted by atomic mass is 9.56. The molecule has 2 aliphatic rings. The molecular weight excluding hydrogens is 280 g/mol. The molecule has 0 N–H and O–H groups in total. The fourth-order valence-corrected chi connectivity index (χ4v) is 3.08. The molecule has 0 bridgehead atoms. The van der Waals surface area contributed by atoms with Gasteiger partial charge in [-0.2, -0.15) is 0 Å². The zero-order chi connectivity index (χ0) is 16.4. The topological polar surface area (TPSA) is 52.6 Å². The molecule has 2 aliphatic carbocycles. The molecule has 0 fully saturated rings. The van der Waals surface area contributed by atoms with Crippen LogP contribution in [0.25, 0.3) is 0 Å². The summed E-state index contributed by atoms with van der Waals surface area (Å²) in [5.41, 5.74) is -2.04. The van der Waals surface area contributed by atoms with Crippen LogP contribution in [0.4, 0.5) is 0 Å². The van der Waals surface area contributed by atoms with E-state index in [1.54, 1.807) is 12.2 Å². The van der Waals surface area contributed by atoms with Crippen molar-refractivity contribution >= 4 is 11.9 Å². The summed E-state index contributed by atoms with van der Waals surface area (Å²) >= 11 is 0. The monoisotopic (exact) mass is 304 g/mol. The van der Waals surface area contributed by atoms with Crippen molar-refractivity contribution in [1.82, 2.24) is 0 Å². The molecule has 0 spiro atoms. The van der Waals surface area contributed by atoms with Crippen LogP contribution in [0.5, 0.6) is 0 Å². The smallest absolute Gasteiger partial charge is 0.318 e. The van der Waals surface area contributed by atoms with Crippen LogP contribution in [0.15, 0.2) is 36.5 Å². The molecule has 0 heterocycles. The Morgan fingerprint density at radius 2 is 1.18 bits per heavy atom. The van der Waals surface area contributed by atoms with Crippen LogP contribution in [0.3, 0.4) is 0 Å². The maximum absolute atomic E-state index is 12.8. The van der Waals surface area contributed by atoms with Crippen molar-refractivity contribution in [2.45, 2.75) is 52.7 Å². The molecule has 0 saturated heterocycles. The molecule has 0 radical (unpaired) electrons. The molecule has 2 atom stereocenters. The van der Waals surface area contributed by atoms with E-state index < -0.39 is 10.8 Å². The van der Waals surface area contributed by atoms with Gasteiger partial charge in [-0.25, -0.2) is 0 Å². The minimum atomic E-state index is -1.02. The van der Waals surface area contributed by atoms with Gasteiger partial charge in [-0.1, -0.05) is 36.5 Å². The highest BCUT2D eigenvalue weighted by molar-refractivity contribution is 5.93. The first kappa shape index (κ1) is 16.5. The van der Waals surface area contributed by atoms with Crippen LogP contribution < -0.4 is 0 Å². The van der Waals surface area contributed by atoms with Gasteiger partial charge in [0.05, 0.1) is 12.2 Å². The van der Waals surface area contributed by atoms with Gasteiger partial charge in [-0.15, -0.1) is 0 Å². The lowest BCUT2D eigenvalue weighted by molar-refractivity contribution is -0.177. The number of rotatable bonds is 4. The summed E-state index contributed by atoms with van der Waals surface area (Å²) in [6.07, 6.45) is 11.5. The van der Waals surface area contributed by atoms with Gasteiger partial charge in [0.25, 0.3) is 0 Å². The van der Waals surface area contributed by atoms with Crippen LogP contribution >= 0.6 is 0 Å². The lowest BCUT2D eigenvalue weighted by Gasteiger charge is -2.46. The number of carbonyl (C=O) groups excluding carboxylic acids is 2. The first-order valence-corrected chi connectivity index (χ1v) is 7.78. The highest BCUT2D eigenvalue weighted by Crippen LogP contribution is 2.54. The fourth-order valence-electron chi connectivity index (χ4n) is 3.08. The summed E-state index contributed by atoms with van der Waals surface area (Å²) in [6, 6.07) is 0. The van der Waals surface area contributed by atoms with Crippen LogP contribution in [-0.4, -0.2) is 24.1 Å². The van der Waals surface area contributed by atoms with Crippen LogP contribution in [0.1, 0.15) is 40.5 Å². The van der Waals surface area contributed by atoms with Crippen molar-refractivity contribution in [3.8, 4) is 0 Å². The molecule has 0 aliphatic heterocycles. The molecule has 0 aromatic heterocycles. The number of esters is 2. The van der Waals surface area contributed by atoms with Gasteiger partial charge in [-0.3, -0.25) is 9.59 Å². The summed E-state index contributed by atoms with van der Waals surface area (Å²) in [5.74, 6) is -0.735. The van der Waals surface area contributed by atoms with E-state index in [0.717, 1.165) is 0 Å². The Balaban J connectivity index is 2.48. The molecule has 2 rings (SSSR count). The summed E-state index contributed by atoms with van der Waals surface area (Å²) in [7, 11) is 0. The van der Waals surface area contributed by atoms with Crippen LogP contribution in [0, 0.1) is 10.8 Å². The maximum Gasteiger partial charge on any atom is 0.318 e. The molecule has 0 aromatic rings. The zero-order valence-corrected chi connectivity index (χ0v) is 13.7. The number of ether oxygens (including phenoxy) is 2. The van der Waals surface area contributed by atoms with Crippen molar-refractivity contribution in [3.05, 3.63) is 36.5 Å². The summed E-state index contributed by atoms with van der Waals surface area (Å²) < 4.78 is 10.9. The summed E-state index contributed by atoms with van der Waals surface area (Å²) in [6.45, 7) is 7.24. The Morgan fingerprint density at radius 3 is 1.50 bits per heavy atom. The zero-order valence-electron chi connectivity index (χ0n) is 13.7. The van der Waals surface area contributed by atoms with Crippen LogP contribution in [-0.2, 0) is 19.1 Å². The number of fused-ring (bicyclic) bond motifs is 1. The lowest BCUT2D eigenvalue weighted by Crippen LogP contribution is -2.54.